The minimum absolute atomic E-state index is 0.255. The van der Waals surface area contributed by atoms with Crippen LogP contribution in [0.15, 0.2) is 21.6 Å². The Hall–Kier alpha value is 0.617. The van der Waals surface area contributed by atoms with Gasteiger partial charge in [-0.15, -0.1) is 6.58 Å². The Labute approximate surface area is 118 Å². The molecule has 0 aromatic carbocycles. The van der Waals surface area contributed by atoms with Gasteiger partial charge < -0.3 is 4.43 Å². The van der Waals surface area contributed by atoms with Gasteiger partial charge in [-0.3, -0.25) is 0 Å². The molecule has 0 N–H and O–H groups in total. The van der Waals surface area contributed by atoms with Crippen LogP contribution in [0.3, 0.4) is 0 Å². The Morgan fingerprint density at radius 2 is 1.81 bits per heavy atom. The standard InChI is InChI=1S/C12H22Br2OSi/c1-7-8-10(11(13)14)9-15-16(5,6)12(2,3)4/h7H,1,8-9H2,2-6H3. The maximum atomic E-state index is 6.14. The van der Waals surface area contributed by atoms with E-state index in [1.807, 2.05) is 6.08 Å². The Morgan fingerprint density at radius 3 is 2.12 bits per heavy atom. The van der Waals surface area contributed by atoms with Crippen LogP contribution in [0.25, 0.3) is 0 Å². The highest BCUT2D eigenvalue weighted by molar-refractivity contribution is 9.28. The lowest BCUT2D eigenvalue weighted by molar-refractivity contribution is 0.317. The minimum atomic E-state index is -1.65. The molecule has 0 saturated carbocycles. The summed E-state index contributed by atoms with van der Waals surface area (Å²) in [5.41, 5.74) is 1.21. The van der Waals surface area contributed by atoms with Gasteiger partial charge in [-0.05, 0) is 62.0 Å². The van der Waals surface area contributed by atoms with Gasteiger partial charge in [-0.1, -0.05) is 26.8 Å². The van der Waals surface area contributed by atoms with Gasteiger partial charge in [0.15, 0.2) is 8.32 Å². The van der Waals surface area contributed by atoms with Crippen LogP contribution >= 0.6 is 31.9 Å². The van der Waals surface area contributed by atoms with Crippen LogP contribution in [-0.4, -0.2) is 14.9 Å². The molecule has 1 nitrogen and oxygen atoms in total. The summed E-state index contributed by atoms with van der Waals surface area (Å²) in [5.74, 6) is 0. The molecule has 0 unspecified atom stereocenters. The van der Waals surface area contributed by atoms with E-state index >= 15 is 0 Å². The number of rotatable bonds is 5. The summed E-state index contributed by atoms with van der Waals surface area (Å²) in [7, 11) is -1.65. The third-order valence-electron chi connectivity index (χ3n) is 3.07. The fourth-order valence-corrected chi connectivity index (χ4v) is 2.37. The predicted molar refractivity (Wildman–Crippen MR) is 82.8 cm³/mol. The maximum absolute atomic E-state index is 6.14. The molecule has 0 heterocycles. The van der Waals surface area contributed by atoms with Crippen molar-refractivity contribution in [1.29, 1.82) is 0 Å². The second kappa shape index (κ2) is 6.52. The van der Waals surface area contributed by atoms with Gasteiger partial charge in [0.2, 0.25) is 0 Å². The fourth-order valence-electron chi connectivity index (χ4n) is 0.849. The average Bonchev–Trinajstić information content (AvgIpc) is 2.09. The molecule has 0 radical (unpaired) electrons. The molecule has 0 aliphatic heterocycles. The lowest BCUT2D eigenvalue weighted by Gasteiger charge is -2.36. The van der Waals surface area contributed by atoms with Crippen molar-refractivity contribution >= 4 is 40.2 Å². The zero-order valence-corrected chi connectivity index (χ0v) is 15.0. The first-order chi connectivity index (χ1) is 7.12. The van der Waals surface area contributed by atoms with E-state index in [2.05, 4.69) is 72.3 Å². The SMILES string of the molecule is C=CCC(CO[Si](C)(C)C(C)(C)C)=C(Br)Br. The van der Waals surface area contributed by atoms with Crippen molar-refractivity contribution in [3.05, 3.63) is 21.6 Å². The number of allylic oxidation sites excluding steroid dienone is 1. The summed E-state index contributed by atoms with van der Waals surface area (Å²) in [6.45, 7) is 15.7. The summed E-state index contributed by atoms with van der Waals surface area (Å²) in [6.07, 6.45) is 2.74. The third-order valence-corrected chi connectivity index (χ3v) is 8.67. The second-order valence-electron chi connectivity index (χ2n) is 5.41. The highest BCUT2D eigenvalue weighted by atomic mass is 79.9. The molecule has 0 aliphatic carbocycles. The van der Waals surface area contributed by atoms with E-state index < -0.39 is 8.32 Å². The summed E-state index contributed by atoms with van der Waals surface area (Å²) < 4.78 is 7.13. The van der Waals surface area contributed by atoms with Gasteiger partial charge in [-0.2, -0.15) is 0 Å². The van der Waals surface area contributed by atoms with Gasteiger partial charge in [-0.25, -0.2) is 0 Å². The van der Waals surface area contributed by atoms with Gasteiger partial charge in [0.25, 0.3) is 0 Å². The highest BCUT2D eigenvalue weighted by Gasteiger charge is 2.37. The zero-order valence-electron chi connectivity index (χ0n) is 10.9. The van der Waals surface area contributed by atoms with Crippen molar-refractivity contribution in [3.63, 3.8) is 0 Å². The van der Waals surface area contributed by atoms with Crippen LogP contribution in [0.4, 0.5) is 0 Å². The molecule has 0 bridgehead atoms. The summed E-state index contributed by atoms with van der Waals surface area (Å²) in [5, 5.41) is 0.255. The van der Waals surface area contributed by atoms with Crippen LogP contribution in [0.5, 0.6) is 0 Å². The molecular formula is C12H22Br2OSi. The number of hydrogen-bond acceptors (Lipinski definition) is 1. The maximum Gasteiger partial charge on any atom is 0.192 e. The normalized spacial score (nSPS) is 12.4. The lowest BCUT2D eigenvalue weighted by atomic mass is 10.2. The Balaban J connectivity index is 4.55. The fraction of sp³-hybridized carbons (Fsp3) is 0.667. The molecule has 0 amide bonds. The van der Waals surface area contributed by atoms with Gasteiger partial charge >= 0.3 is 0 Å². The molecule has 0 spiro atoms. The molecule has 0 aliphatic rings. The van der Waals surface area contributed by atoms with Crippen LogP contribution in [0.1, 0.15) is 27.2 Å². The quantitative estimate of drug-likeness (QED) is 0.453. The highest BCUT2D eigenvalue weighted by Crippen LogP contribution is 2.37. The van der Waals surface area contributed by atoms with Crippen LogP contribution < -0.4 is 0 Å². The average molecular weight is 370 g/mol. The van der Waals surface area contributed by atoms with Crippen molar-refractivity contribution in [1.82, 2.24) is 0 Å². The molecule has 0 rings (SSSR count). The summed E-state index contributed by atoms with van der Waals surface area (Å²) in [4.78, 5) is 0. The summed E-state index contributed by atoms with van der Waals surface area (Å²) in [6, 6.07) is 0. The van der Waals surface area contributed by atoms with Crippen molar-refractivity contribution in [3.8, 4) is 0 Å². The van der Waals surface area contributed by atoms with Crippen LogP contribution in [0, 0.1) is 0 Å². The van der Waals surface area contributed by atoms with Crippen molar-refractivity contribution in [2.75, 3.05) is 6.61 Å². The van der Waals surface area contributed by atoms with Crippen molar-refractivity contribution in [2.24, 2.45) is 0 Å². The van der Waals surface area contributed by atoms with Crippen LogP contribution in [0.2, 0.25) is 18.1 Å². The summed E-state index contributed by atoms with van der Waals surface area (Å²) >= 11 is 6.89. The van der Waals surface area contributed by atoms with E-state index in [9.17, 15) is 0 Å². The second-order valence-corrected chi connectivity index (χ2v) is 12.9. The van der Waals surface area contributed by atoms with E-state index in [1.165, 1.54) is 5.57 Å². The Bertz CT molecular complexity index is 273. The van der Waals surface area contributed by atoms with E-state index in [1.54, 1.807) is 0 Å². The van der Waals surface area contributed by atoms with Crippen molar-refractivity contribution < 1.29 is 4.43 Å². The van der Waals surface area contributed by atoms with E-state index in [0.717, 1.165) is 9.81 Å². The first kappa shape index (κ1) is 16.6. The van der Waals surface area contributed by atoms with E-state index in [-0.39, 0.29) is 5.04 Å². The molecule has 0 saturated heterocycles. The minimum Gasteiger partial charge on any atom is -0.413 e. The third kappa shape index (κ3) is 5.30. The lowest BCUT2D eigenvalue weighted by Crippen LogP contribution is -2.41. The van der Waals surface area contributed by atoms with Gasteiger partial charge in [0, 0.05) is 0 Å². The molecule has 0 aromatic heterocycles. The van der Waals surface area contributed by atoms with Crippen molar-refractivity contribution in [2.45, 2.75) is 45.3 Å². The topological polar surface area (TPSA) is 9.23 Å². The monoisotopic (exact) mass is 368 g/mol. The molecule has 16 heavy (non-hydrogen) atoms. The van der Waals surface area contributed by atoms with Gasteiger partial charge in [0.1, 0.15) is 0 Å². The molecule has 4 heteroatoms. The molecule has 0 fully saturated rings. The predicted octanol–water partition coefficient (Wildman–Crippen LogP) is 5.59. The molecule has 0 aromatic rings. The van der Waals surface area contributed by atoms with E-state index in [4.69, 9.17) is 4.43 Å². The van der Waals surface area contributed by atoms with Crippen LogP contribution in [-0.2, 0) is 4.43 Å². The van der Waals surface area contributed by atoms with E-state index in [0.29, 0.717) is 6.61 Å². The smallest absolute Gasteiger partial charge is 0.192 e. The first-order valence-electron chi connectivity index (χ1n) is 5.39. The molecule has 0 atom stereocenters. The van der Waals surface area contributed by atoms with Gasteiger partial charge in [0.05, 0.1) is 10.00 Å². The Kier molecular flexibility index (Phi) is 6.77. The largest absolute Gasteiger partial charge is 0.413 e. The Morgan fingerprint density at radius 1 is 1.31 bits per heavy atom. The number of halogens is 2. The molecular weight excluding hydrogens is 348 g/mol. The number of hydrogen-bond donors (Lipinski definition) is 0. The first-order valence-corrected chi connectivity index (χ1v) is 9.89. The molecule has 94 valence electrons. The zero-order chi connectivity index (χ0) is 13.0.